The largest absolute Gasteiger partial charge is 0.469 e. The van der Waals surface area contributed by atoms with Crippen molar-refractivity contribution in [1.29, 1.82) is 0 Å². The van der Waals surface area contributed by atoms with Gasteiger partial charge in [0, 0.05) is 11.3 Å². The summed E-state index contributed by atoms with van der Waals surface area (Å²) in [5.41, 5.74) is 2.07. The van der Waals surface area contributed by atoms with E-state index < -0.39 is 38.0 Å². The van der Waals surface area contributed by atoms with Gasteiger partial charge in [-0.3, -0.25) is 9.00 Å². The fourth-order valence-electron chi connectivity index (χ4n) is 3.62. The highest BCUT2D eigenvalue weighted by atomic mass is 32.2. The minimum absolute atomic E-state index is 0.0480. The van der Waals surface area contributed by atoms with Gasteiger partial charge in [0.05, 0.1) is 39.9 Å². The molecule has 0 radical (unpaired) electrons. The number of hydrogen-bond acceptors (Lipinski definition) is 6. The zero-order chi connectivity index (χ0) is 25.8. The van der Waals surface area contributed by atoms with Gasteiger partial charge in [-0.05, 0) is 70.2 Å². The Morgan fingerprint density at radius 2 is 1.60 bits per heavy atom. The van der Waals surface area contributed by atoms with Gasteiger partial charge in [-0.2, -0.15) is 0 Å². The molecule has 0 heterocycles. The Balaban J connectivity index is 1.86. The van der Waals surface area contributed by atoms with Gasteiger partial charge in [0.15, 0.2) is 9.84 Å². The van der Waals surface area contributed by atoms with Crippen molar-refractivity contribution in [3.05, 3.63) is 71.8 Å². The lowest BCUT2D eigenvalue weighted by Gasteiger charge is -2.17. The van der Waals surface area contributed by atoms with Gasteiger partial charge in [-0.25, -0.2) is 8.42 Å². The van der Waals surface area contributed by atoms with E-state index in [9.17, 15) is 22.5 Å². The topological polar surface area (TPSA) is 97.7 Å². The number of aryl methyl sites for hydroxylation is 2. The lowest BCUT2D eigenvalue weighted by atomic mass is 10.1. The second-order valence-electron chi connectivity index (χ2n) is 8.71. The maximum Gasteiger partial charge on any atom is 0.305 e. The second kappa shape index (κ2) is 14.3. The zero-order valence-corrected chi connectivity index (χ0v) is 22.3. The number of carbonyl (C=O) groups excluding carboxylic acids is 1. The van der Waals surface area contributed by atoms with E-state index in [2.05, 4.69) is 4.74 Å². The van der Waals surface area contributed by atoms with Gasteiger partial charge in [0.1, 0.15) is 0 Å². The smallest absolute Gasteiger partial charge is 0.305 e. The lowest BCUT2D eigenvalue weighted by molar-refractivity contribution is -0.140. The molecule has 0 saturated carbocycles. The van der Waals surface area contributed by atoms with Crippen LogP contribution in [0.5, 0.6) is 0 Å². The van der Waals surface area contributed by atoms with Crippen molar-refractivity contribution in [3.63, 3.8) is 0 Å². The molecule has 35 heavy (non-hydrogen) atoms. The number of sulfone groups is 1. The molecule has 1 unspecified atom stereocenters. The van der Waals surface area contributed by atoms with Crippen LogP contribution in [-0.4, -0.2) is 47.9 Å². The summed E-state index contributed by atoms with van der Waals surface area (Å²) in [4.78, 5) is 12.6. The normalized spacial score (nSPS) is 14.5. The van der Waals surface area contributed by atoms with E-state index in [1.165, 1.54) is 7.11 Å². The van der Waals surface area contributed by atoms with Crippen LogP contribution in [0.1, 0.15) is 49.7 Å². The first kappa shape index (κ1) is 28.9. The number of benzene rings is 2. The average molecular weight is 521 g/mol. The maximum atomic E-state index is 13.2. The molecule has 1 N–H and O–H groups in total. The van der Waals surface area contributed by atoms with Gasteiger partial charge in [-0.15, -0.1) is 0 Å². The molecule has 0 aliphatic heterocycles. The van der Waals surface area contributed by atoms with E-state index in [1.54, 1.807) is 24.3 Å². The monoisotopic (exact) mass is 520 g/mol. The highest BCUT2D eigenvalue weighted by molar-refractivity contribution is 7.92. The summed E-state index contributed by atoms with van der Waals surface area (Å²) >= 11 is 0. The summed E-state index contributed by atoms with van der Waals surface area (Å²) in [6, 6.07) is 14.2. The van der Waals surface area contributed by atoms with Crippen LogP contribution >= 0.6 is 0 Å². The van der Waals surface area contributed by atoms with Gasteiger partial charge in [0.2, 0.25) is 0 Å². The number of hydrogen-bond donors (Lipinski definition) is 1. The Morgan fingerprint density at radius 1 is 1.00 bits per heavy atom. The summed E-state index contributed by atoms with van der Waals surface area (Å²) < 4.78 is 43.4. The summed E-state index contributed by atoms with van der Waals surface area (Å²) in [7, 11) is -3.55. The molecule has 2 aromatic carbocycles. The SMILES string of the molecule is COC(=O)CCC(CCC/C=C/C[C@H](O)C[S@@](=O)c1ccc(C)cc1)S(=O)(=O)c1ccc(C)cc1. The molecular weight excluding hydrogens is 484 g/mol. The lowest BCUT2D eigenvalue weighted by Crippen LogP contribution is -2.23. The van der Waals surface area contributed by atoms with Crippen LogP contribution in [-0.2, 0) is 30.2 Å². The summed E-state index contributed by atoms with van der Waals surface area (Å²) in [5, 5.41) is 9.53. The first-order chi connectivity index (χ1) is 16.6. The number of aliphatic hydroxyl groups is 1. The van der Waals surface area contributed by atoms with E-state index in [-0.39, 0.29) is 23.5 Å². The summed E-state index contributed by atoms with van der Waals surface area (Å²) in [5.74, 6) is -0.261. The Hall–Kier alpha value is -2.29. The highest BCUT2D eigenvalue weighted by Gasteiger charge is 2.27. The third-order valence-corrected chi connectivity index (χ3v) is 9.55. The van der Waals surface area contributed by atoms with Crippen molar-refractivity contribution in [2.24, 2.45) is 0 Å². The predicted octanol–water partition coefficient (Wildman–Crippen LogP) is 4.68. The van der Waals surface area contributed by atoms with E-state index in [1.807, 2.05) is 50.3 Å². The highest BCUT2D eigenvalue weighted by Crippen LogP contribution is 2.24. The van der Waals surface area contributed by atoms with Crippen LogP contribution in [0.4, 0.5) is 0 Å². The second-order valence-corrected chi connectivity index (χ2v) is 12.4. The number of esters is 1. The minimum atomic E-state index is -3.58. The average Bonchev–Trinajstić information content (AvgIpc) is 2.83. The Kier molecular flexibility index (Phi) is 11.8. The Labute approximate surface area is 211 Å². The van der Waals surface area contributed by atoms with Crippen LogP contribution in [0, 0.1) is 13.8 Å². The first-order valence-corrected chi connectivity index (χ1v) is 14.7. The predicted molar refractivity (Wildman–Crippen MR) is 139 cm³/mol. The van der Waals surface area contributed by atoms with Crippen LogP contribution in [0.2, 0.25) is 0 Å². The van der Waals surface area contributed by atoms with Crippen LogP contribution in [0.15, 0.2) is 70.5 Å². The fourth-order valence-corrected chi connectivity index (χ4v) is 6.54. The van der Waals surface area contributed by atoms with Crippen molar-refractivity contribution < 1.29 is 27.3 Å². The molecule has 0 aromatic heterocycles. The third kappa shape index (κ3) is 9.70. The number of carbonyl (C=O) groups is 1. The quantitative estimate of drug-likeness (QED) is 0.221. The first-order valence-electron chi connectivity index (χ1n) is 11.8. The molecule has 0 aliphatic carbocycles. The van der Waals surface area contributed by atoms with E-state index in [0.29, 0.717) is 30.6 Å². The van der Waals surface area contributed by atoms with Gasteiger partial charge < -0.3 is 9.84 Å². The molecule has 0 bridgehead atoms. The van der Waals surface area contributed by atoms with E-state index >= 15 is 0 Å². The molecule has 6 nitrogen and oxygen atoms in total. The van der Waals surface area contributed by atoms with E-state index in [4.69, 9.17) is 0 Å². The maximum absolute atomic E-state index is 13.2. The molecule has 2 rings (SSSR count). The minimum Gasteiger partial charge on any atom is -0.469 e. The van der Waals surface area contributed by atoms with Crippen molar-refractivity contribution in [1.82, 2.24) is 0 Å². The summed E-state index contributed by atoms with van der Waals surface area (Å²) in [6.45, 7) is 3.86. The number of ether oxygens (including phenoxy) is 1. The third-order valence-electron chi connectivity index (χ3n) is 5.79. The number of allylic oxidation sites excluding steroid dienone is 1. The standard InChI is InChI=1S/C27H36O6S2/c1-21-10-14-24(15-11-21)34(30)20-23(28)8-6-4-5-7-9-25(18-19-27(29)33-3)35(31,32)26-16-12-22(2)13-17-26/h4,6,10-17,23,25,28H,5,7-9,18-20H2,1-3H3/b6-4+/t23-,25?,34+/m0/s1. The molecule has 0 fully saturated rings. The van der Waals surface area contributed by atoms with Crippen molar-refractivity contribution in [2.45, 2.75) is 73.5 Å². The van der Waals surface area contributed by atoms with Crippen LogP contribution < -0.4 is 0 Å². The molecule has 2 aromatic rings. The number of methoxy groups -OCH3 is 1. The van der Waals surface area contributed by atoms with Crippen LogP contribution in [0.3, 0.4) is 0 Å². The zero-order valence-electron chi connectivity index (χ0n) is 20.7. The number of rotatable bonds is 14. The Morgan fingerprint density at radius 3 is 2.20 bits per heavy atom. The van der Waals surface area contributed by atoms with Crippen molar-refractivity contribution in [3.8, 4) is 0 Å². The van der Waals surface area contributed by atoms with Gasteiger partial charge >= 0.3 is 5.97 Å². The molecule has 0 spiro atoms. The van der Waals surface area contributed by atoms with E-state index in [0.717, 1.165) is 11.1 Å². The Bertz CT molecular complexity index is 1090. The molecule has 0 aliphatic rings. The van der Waals surface area contributed by atoms with Crippen molar-refractivity contribution in [2.75, 3.05) is 12.9 Å². The van der Waals surface area contributed by atoms with Crippen LogP contribution in [0.25, 0.3) is 0 Å². The number of aliphatic hydroxyl groups excluding tert-OH is 1. The van der Waals surface area contributed by atoms with Crippen molar-refractivity contribution >= 4 is 26.6 Å². The number of unbranched alkanes of at least 4 members (excludes halogenated alkanes) is 1. The molecule has 0 amide bonds. The molecular formula is C27H36O6S2. The molecule has 192 valence electrons. The van der Waals surface area contributed by atoms with Gasteiger partial charge in [0.25, 0.3) is 0 Å². The summed E-state index contributed by atoms with van der Waals surface area (Å²) in [6.07, 6.45) is 5.35. The molecule has 0 saturated heterocycles. The molecule has 8 heteroatoms. The molecule has 3 atom stereocenters. The fraction of sp³-hybridized carbons (Fsp3) is 0.444. The van der Waals surface area contributed by atoms with Gasteiger partial charge in [-0.1, -0.05) is 47.5 Å².